The largest absolute Gasteiger partial charge is 0.496 e. The van der Waals surface area contributed by atoms with Crippen LogP contribution in [0.25, 0.3) is 0 Å². The Bertz CT molecular complexity index is 1220. The molecule has 1 unspecified atom stereocenters. The smallest absolute Gasteiger partial charge is 0.342 e. The number of rotatable bonds is 17. The van der Waals surface area contributed by atoms with E-state index in [2.05, 4.69) is 13.8 Å². The monoisotopic (exact) mass is 612 g/mol. The minimum absolute atomic E-state index is 0.0495. The van der Waals surface area contributed by atoms with E-state index in [9.17, 15) is 4.79 Å². The van der Waals surface area contributed by atoms with Gasteiger partial charge in [0, 0.05) is 26.7 Å². The summed E-state index contributed by atoms with van der Waals surface area (Å²) in [6.45, 7) is 11.0. The molecule has 0 aromatic heterocycles. The number of esters is 1. The highest BCUT2D eigenvalue weighted by molar-refractivity contribution is 5.93. The number of carbonyl (C=O) groups excluding carboxylic acids is 1. The summed E-state index contributed by atoms with van der Waals surface area (Å²) >= 11 is 0. The maximum Gasteiger partial charge on any atom is 0.342 e. The molecule has 9 nitrogen and oxygen atoms in total. The topological polar surface area (TPSA) is 90.9 Å². The SMILES string of the molecule is CCOc1ccc(C(C)(C)c2ccc(OC)c(C(=O)OCCOC)c2)cc1.CCOc1ccc(OCC(COC)OC)cc1. The van der Waals surface area contributed by atoms with Gasteiger partial charge in [0.05, 0.1) is 33.5 Å². The summed E-state index contributed by atoms with van der Waals surface area (Å²) < 4.78 is 42.2. The van der Waals surface area contributed by atoms with Gasteiger partial charge in [0.1, 0.15) is 47.9 Å². The molecule has 0 aliphatic carbocycles. The van der Waals surface area contributed by atoms with Gasteiger partial charge >= 0.3 is 5.97 Å². The molecule has 1 atom stereocenters. The van der Waals surface area contributed by atoms with Crippen LogP contribution in [0, 0.1) is 0 Å². The number of hydrogen-bond acceptors (Lipinski definition) is 9. The third-order valence-electron chi connectivity index (χ3n) is 6.81. The molecular formula is C35H48O9. The second kappa shape index (κ2) is 19.5. The number of ether oxygens (including phenoxy) is 8. The predicted molar refractivity (Wildman–Crippen MR) is 171 cm³/mol. The lowest BCUT2D eigenvalue weighted by atomic mass is 9.77. The van der Waals surface area contributed by atoms with Crippen molar-refractivity contribution in [3.63, 3.8) is 0 Å². The Morgan fingerprint density at radius 3 is 1.73 bits per heavy atom. The van der Waals surface area contributed by atoms with Crippen LogP contribution < -0.4 is 18.9 Å². The second-order valence-corrected chi connectivity index (χ2v) is 10.2. The van der Waals surface area contributed by atoms with Crippen molar-refractivity contribution < 1.29 is 42.7 Å². The Labute approximate surface area is 262 Å². The van der Waals surface area contributed by atoms with Crippen molar-refractivity contribution in [2.24, 2.45) is 0 Å². The van der Waals surface area contributed by atoms with Gasteiger partial charge in [-0.1, -0.05) is 32.0 Å². The fraction of sp³-hybridized carbons (Fsp3) is 0.457. The summed E-state index contributed by atoms with van der Waals surface area (Å²) in [5, 5.41) is 0. The Balaban J connectivity index is 0.000000342. The third-order valence-corrected chi connectivity index (χ3v) is 6.81. The van der Waals surface area contributed by atoms with E-state index in [1.54, 1.807) is 34.5 Å². The molecule has 3 aromatic rings. The number of hydrogen-bond donors (Lipinski definition) is 0. The predicted octanol–water partition coefficient (Wildman–Crippen LogP) is 6.35. The molecule has 9 heteroatoms. The molecule has 0 radical (unpaired) electrons. The van der Waals surface area contributed by atoms with E-state index in [1.807, 2.05) is 74.5 Å². The molecular weight excluding hydrogens is 564 g/mol. The number of methoxy groups -OCH3 is 4. The van der Waals surface area contributed by atoms with Crippen LogP contribution in [0.3, 0.4) is 0 Å². The highest BCUT2D eigenvalue weighted by Crippen LogP contribution is 2.35. The van der Waals surface area contributed by atoms with Gasteiger partial charge in [0.25, 0.3) is 0 Å². The summed E-state index contributed by atoms with van der Waals surface area (Å²) in [6.07, 6.45) is -0.0495. The molecule has 3 aromatic carbocycles. The molecule has 242 valence electrons. The lowest BCUT2D eigenvalue weighted by molar-refractivity contribution is 0.000867. The molecule has 44 heavy (non-hydrogen) atoms. The molecule has 0 amide bonds. The van der Waals surface area contributed by atoms with E-state index in [4.69, 9.17) is 37.9 Å². The fourth-order valence-electron chi connectivity index (χ4n) is 4.21. The van der Waals surface area contributed by atoms with Crippen LogP contribution in [0.15, 0.2) is 66.7 Å². The summed E-state index contributed by atoms with van der Waals surface area (Å²) in [5.41, 5.74) is 2.21. The van der Waals surface area contributed by atoms with Crippen LogP contribution in [-0.4, -0.2) is 80.2 Å². The minimum Gasteiger partial charge on any atom is -0.496 e. The average molecular weight is 613 g/mol. The van der Waals surface area contributed by atoms with Gasteiger partial charge in [-0.3, -0.25) is 0 Å². The first-order valence-electron chi connectivity index (χ1n) is 14.7. The van der Waals surface area contributed by atoms with Crippen molar-refractivity contribution in [1.29, 1.82) is 0 Å². The molecule has 0 aliphatic rings. The molecule has 3 rings (SSSR count). The first-order chi connectivity index (χ1) is 21.2. The van der Waals surface area contributed by atoms with E-state index >= 15 is 0 Å². The Kier molecular flexibility index (Phi) is 16.1. The van der Waals surface area contributed by atoms with E-state index < -0.39 is 5.97 Å². The molecule has 0 aliphatic heterocycles. The Morgan fingerprint density at radius 2 is 1.23 bits per heavy atom. The van der Waals surface area contributed by atoms with Gasteiger partial charge in [0.2, 0.25) is 0 Å². The quantitative estimate of drug-likeness (QED) is 0.128. The standard InChI is InChI=1S/C22H28O5.C13H20O4/c1-6-26-18-10-7-16(8-11-18)22(2,3)17-9-12-20(25-5)19(15-17)21(23)27-14-13-24-4;1-4-16-11-5-7-12(8-6-11)17-10-13(15-3)9-14-2/h7-12,15H,6,13-14H2,1-5H3;5-8,13H,4,9-10H2,1-3H3. The minimum atomic E-state index is -0.423. The van der Waals surface area contributed by atoms with Gasteiger partial charge in [-0.2, -0.15) is 0 Å². The van der Waals surface area contributed by atoms with Gasteiger partial charge in [-0.05, 0) is 73.5 Å². The van der Waals surface area contributed by atoms with Crippen LogP contribution in [0.1, 0.15) is 49.2 Å². The van der Waals surface area contributed by atoms with Crippen molar-refractivity contribution in [2.75, 3.05) is 68.1 Å². The van der Waals surface area contributed by atoms with Crippen LogP contribution >= 0.6 is 0 Å². The van der Waals surface area contributed by atoms with Crippen molar-refractivity contribution in [1.82, 2.24) is 0 Å². The first-order valence-corrected chi connectivity index (χ1v) is 14.7. The van der Waals surface area contributed by atoms with Gasteiger partial charge in [-0.15, -0.1) is 0 Å². The van der Waals surface area contributed by atoms with Gasteiger partial charge in [0.15, 0.2) is 0 Å². The normalized spacial score (nSPS) is 11.5. The van der Waals surface area contributed by atoms with E-state index in [0.29, 0.717) is 44.3 Å². The van der Waals surface area contributed by atoms with Crippen LogP contribution in [-0.2, 0) is 24.4 Å². The highest BCUT2D eigenvalue weighted by atomic mass is 16.6. The number of benzene rings is 3. The second-order valence-electron chi connectivity index (χ2n) is 10.2. The van der Waals surface area contributed by atoms with Crippen LogP contribution in [0.5, 0.6) is 23.0 Å². The third kappa shape index (κ3) is 11.4. The molecule has 0 N–H and O–H groups in total. The van der Waals surface area contributed by atoms with Crippen molar-refractivity contribution in [3.8, 4) is 23.0 Å². The zero-order valence-electron chi connectivity index (χ0n) is 27.3. The van der Waals surface area contributed by atoms with Crippen LogP contribution in [0.2, 0.25) is 0 Å². The zero-order valence-corrected chi connectivity index (χ0v) is 27.3. The van der Waals surface area contributed by atoms with Crippen molar-refractivity contribution in [3.05, 3.63) is 83.4 Å². The van der Waals surface area contributed by atoms with E-state index in [-0.39, 0.29) is 18.1 Å². The molecule has 0 fully saturated rings. The Hall–Kier alpha value is -3.79. The fourth-order valence-corrected chi connectivity index (χ4v) is 4.21. The molecule has 0 saturated carbocycles. The lowest BCUT2D eigenvalue weighted by Crippen LogP contribution is -2.25. The molecule has 0 saturated heterocycles. The van der Waals surface area contributed by atoms with Gasteiger partial charge in [-0.25, -0.2) is 4.79 Å². The zero-order chi connectivity index (χ0) is 32.4. The van der Waals surface area contributed by atoms with Gasteiger partial charge < -0.3 is 37.9 Å². The van der Waals surface area contributed by atoms with Crippen molar-refractivity contribution in [2.45, 2.75) is 39.2 Å². The maximum atomic E-state index is 12.5. The van der Waals surface area contributed by atoms with E-state index in [1.165, 1.54) is 0 Å². The molecule has 0 bridgehead atoms. The molecule has 0 spiro atoms. The summed E-state index contributed by atoms with van der Waals surface area (Å²) in [4.78, 5) is 12.5. The van der Waals surface area contributed by atoms with Crippen LogP contribution in [0.4, 0.5) is 0 Å². The summed E-state index contributed by atoms with van der Waals surface area (Å²) in [7, 11) is 6.39. The molecule has 0 heterocycles. The summed E-state index contributed by atoms with van der Waals surface area (Å²) in [6, 6.07) is 21.2. The first kappa shape index (κ1) is 36.4. The highest BCUT2D eigenvalue weighted by Gasteiger charge is 2.26. The van der Waals surface area contributed by atoms with E-state index in [0.717, 1.165) is 28.4 Å². The average Bonchev–Trinajstić information content (AvgIpc) is 3.04. The number of carbonyl (C=O) groups is 1. The lowest BCUT2D eigenvalue weighted by Gasteiger charge is -2.27. The van der Waals surface area contributed by atoms with Crippen molar-refractivity contribution >= 4 is 5.97 Å². The maximum absolute atomic E-state index is 12.5. The Morgan fingerprint density at radius 1 is 0.682 bits per heavy atom. The summed E-state index contributed by atoms with van der Waals surface area (Å²) in [5.74, 6) is 2.55.